The maximum absolute atomic E-state index is 15.1. The van der Waals surface area contributed by atoms with Crippen molar-refractivity contribution in [3.05, 3.63) is 70.5 Å². The molecule has 2 aliphatic carbocycles. The van der Waals surface area contributed by atoms with Crippen LogP contribution in [0.25, 0.3) is 0 Å². The number of carbonyl (C=O) groups excluding carboxylic acids is 3. The Balaban J connectivity index is 2.08. The van der Waals surface area contributed by atoms with Gasteiger partial charge in [0.15, 0.2) is 22.8 Å². The lowest BCUT2D eigenvalue weighted by Crippen LogP contribution is -2.70. The molecule has 3 atom stereocenters. The maximum atomic E-state index is 15.1. The molecule has 0 N–H and O–H groups in total. The lowest BCUT2D eigenvalue weighted by atomic mass is 9.39. The topological polar surface area (TPSA) is 60.4 Å². The summed E-state index contributed by atoms with van der Waals surface area (Å²) in [5, 5.41) is 0. The Morgan fingerprint density at radius 3 is 2.19 bits per heavy atom. The Morgan fingerprint density at radius 2 is 1.59 bits per heavy atom. The molecule has 4 heteroatoms. The van der Waals surface area contributed by atoms with Gasteiger partial charge in [-0.3, -0.25) is 14.4 Å². The quantitative estimate of drug-likeness (QED) is 0.228. The molecule has 4 rings (SSSR count). The predicted octanol–water partition coefficient (Wildman–Crippen LogP) is 7.60. The van der Waals surface area contributed by atoms with Gasteiger partial charge in [-0.25, -0.2) is 0 Å². The summed E-state index contributed by atoms with van der Waals surface area (Å²) in [5.41, 5.74) is -0.938. The summed E-state index contributed by atoms with van der Waals surface area (Å²) in [6.45, 7) is 16.1. The van der Waals surface area contributed by atoms with E-state index in [1.54, 1.807) is 24.3 Å². The minimum absolute atomic E-state index is 0.0648. The third-order valence-corrected chi connectivity index (χ3v) is 9.08. The molecule has 1 fully saturated rings. The highest BCUT2D eigenvalue weighted by atomic mass is 16.5. The van der Waals surface area contributed by atoms with Crippen LogP contribution in [0.5, 0.6) is 0 Å². The van der Waals surface area contributed by atoms with E-state index in [1.165, 1.54) is 5.57 Å². The van der Waals surface area contributed by atoms with E-state index >= 15 is 4.79 Å². The van der Waals surface area contributed by atoms with E-state index in [9.17, 15) is 9.59 Å². The third kappa shape index (κ3) is 4.08. The first-order valence-electron chi connectivity index (χ1n) is 13.6. The van der Waals surface area contributed by atoms with Crippen LogP contribution in [-0.4, -0.2) is 23.0 Å². The van der Waals surface area contributed by atoms with Crippen molar-refractivity contribution in [1.29, 1.82) is 0 Å². The second-order valence-electron chi connectivity index (χ2n) is 13.0. The average molecular weight is 503 g/mol. The van der Waals surface area contributed by atoms with Gasteiger partial charge in [-0.2, -0.15) is 0 Å². The van der Waals surface area contributed by atoms with E-state index in [1.807, 2.05) is 47.6 Å². The zero-order valence-corrected chi connectivity index (χ0v) is 23.8. The number of fused-ring (bicyclic) bond motifs is 3. The van der Waals surface area contributed by atoms with Gasteiger partial charge in [0.1, 0.15) is 11.4 Å². The van der Waals surface area contributed by atoms with Gasteiger partial charge in [0.05, 0.1) is 5.41 Å². The molecular weight excluding hydrogens is 460 g/mol. The van der Waals surface area contributed by atoms with Crippen molar-refractivity contribution in [2.45, 2.75) is 93.1 Å². The van der Waals surface area contributed by atoms with Crippen LogP contribution in [0.4, 0.5) is 0 Å². The highest BCUT2D eigenvalue weighted by Gasteiger charge is 2.75. The van der Waals surface area contributed by atoms with Crippen molar-refractivity contribution in [2.24, 2.45) is 22.2 Å². The minimum Gasteiger partial charge on any atom is -0.491 e. The van der Waals surface area contributed by atoms with Gasteiger partial charge in [0.2, 0.25) is 0 Å². The second-order valence-corrected chi connectivity index (χ2v) is 13.0. The molecule has 37 heavy (non-hydrogen) atoms. The first kappa shape index (κ1) is 27.3. The van der Waals surface area contributed by atoms with E-state index in [0.29, 0.717) is 49.0 Å². The number of ketones is 3. The summed E-state index contributed by atoms with van der Waals surface area (Å²) < 4.78 is 6.59. The fourth-order valence-corrected chi connectivity index (χ4v) is 6.78. The van der Waals surface area contributed by atoms with Crippen LogP contribution in [0.3, 0.4) is 0 Å². The molecular formula is C33H42O4. The first-order chi connectivity index (χ1) is 17.2. The molecule has 1 aliphatic heterocycles. The van der Waals surface area contributed by atoms with Gasteiger partial charge in [-0.1, -0.05) is 67.5 Å². The summed E-state index contributed by atoms with van der Waals surface area (Å²) in [6.07, 6.45) is 7.13. The zero-order chi connectivity index (χ0) is 27.4. The van der Waals surface area contributed by atoms with Crippen LogP contribution >= 0.6 is 0 Å². The Kier molecular flexibility index (Phi) is 6.80. The molecule has 0 radical (unpaired) electrons. The molecule has 4 nitrogen and oxygen atoms in total. The van der Waals surface area contributed by atoms with Crippen LogP contribution in [-0.2, 0) is 14.3 Å². The largest absolute Gasteiger partial charge is 0.491 e. The van der Waals surface area contributed by atoms with E-state index < -0.39 is 21.8 Å². The Hall–Kier alpha value is -2.75. The minimum atomic E-state index is -1.79. The normalized spacial score (nSPS) is 29.7. The van der Waals surface area contributed by atoms with Gasteiger partial charge in [0, 0.05) is 11.1 Å². The first-order valence-corrected chi connectivity index (χ1v) is 13.6. The van der Waals surface area contributed by atoms with Crippen molar-refractivity contribution in [3.8, 4) is 0 Å². The van der Waals surface area contributed by atoms with E-state index in [-0.39, 0.29) is 23.3 Å². The van der Waals surface area contributed by atoms with Crippen LogP contribution in [0.1, 0.15) is 97.9 Å². The SMILES string of the molecule is CC(C)=CCC1CC2(CC=C(C)C)C(=O)C(C(=O)c3ccccc3)(C(=O)C3=C2OC(C)(C)CC3)C1(C)C. The Labute approximate surface area is 222 Å². The lowest BCUT2D eigenvalue weighted by Gasteiger charge is -2.61. The van der Waals surface area contributed by atoms with Crippen molar-refractivity contribution in [3.63, 3.8) is 0 Å². The molecule has 0 amide bonds. The number of benzene rings is 1. The summed E-state index contributed by atoms with van der Waals surface area (Å²) in [5.74, 6) is -0.508. The van der Waals surface area contributed by atoms with Gasteiger partial charge in [0.25, 0.3) is 0 Å². The number of hydrogen-bond acceptors (Lipinski definition) is 4. The molecule has 1 aromatic rings. The van der Waals surface area contributed by atoms with Crippen LogP contribution in [0, 0.1) is 22.2 Å². The molecule has 0 saturated heterocycles. The van der Waals surface area contributed by atoms with Gasteiger partial charge in [-0.05, 0) is 85.0 Å². The van der Waals surface area contributed by atoms with Gasteiger partial charge >= 0.3 is 0 Å². The molecule has 3 aliphatic rings. The maximum Gasteiger partial charge on any atom is 0.184 e. The summed E-state index contributed by atoms with van der Waals surface area (Å²) in [7, 11) is 0. The summed E-state index contributed by atoms with van der Waals surface area (Å²) in [6, 6.07) is 8.90. The van der Waals surface area contributed by atoms with Crippen molar-refractivity contribution < 1.29 is 19.1 Å². The second kappa shape index (κ2) is 9.22. The Bertz CT molecular complexity index is 1220. The fraction of sp³-hybridized carbons (Fsp3) is 0.545. The van der Waals surface area contributed by atoms with Gasteiger partial charge in [-0.15, -0.1) is 0 Å². The monoisotopic (exact) mass is 502 g/mol. The summed E-state index contributed by atoms with van der Waals surface area (Å²) >= 11 is 0. The van der Waals surface area contributed by atoms with Crippen molar-refractivity contribution in [1.82, 2.24) is 0 Å². The average Bonchev–Trinajstić information content (AvgIpc) is 2.82. The zero-order valence-electron chi connectivity index (χ0n) is 23.8. The third-order valence-electron chi connectivity index (χ3n) is 9.08. The fourth-order valence-electron chi connectivity index (χ4n) is 6.78. The highest BCUT2D eigenvalue weighted by Crippen LogP contribution is 2.67. The smallest absolute Gasteiger partial charge is 0.184 e. The highest BCUT2D eigenvalue weighted by molar-refractivity contribution is 6.36. The molecule has 3 unspecified atom stereocenters. The van der Waals surface area contributed by atoms with Crippen LogP contribution in [0.15, 0.2) is 65.0 Å². The molecule has 1 heterocycles. The molecule has 0 spiro atoms. The van der Waals surface area contributed by atoms with Crippen LogP contribution < -0.4 is 0 Å². The Morgan fingerprint density at radius 1 is 0.973 bits per heavy atom. The number of carbonyl (C=O) groups is 3. The molecule has 2 bridgehead atoms. The van der Waals surface area contributed by atoms with Gasteiger partial charge < -0.3 is 4.74 Å². The number of Topliss-reactive ketones (excluding diaryl/α,β-unsaturated/α-hetero) is 3. The van der Waals surface area contributed by atoms with Crippen LogP contribution in [0.2, 0.25) is 0 Å². The standard InChI is InChI=1S/C33H42O4/c1-21(2)14-15-24-20-32(19-16-22(3)4)28-25(17-18-30(5,6)37-28)27(35)33(29(32)36,31(24,7)8)26(34)23-12-10-9-11-13-23/h9-14,16,24H,15,17-20H2,1-8H3. The number of allylic oxidation sites excluding steroid dienone is 6. The molecule has 0 aromatic heterocycles. The van der Waals surface area contributed by atoms with Crippen molar-refractivity contribution in [2.75, 3.05) is 0 Å². The van der Waals surface area contributed by atoms with E-state index in [0.717, 1.165) is 5.57 Å². The molecule has 198 valence electrons. The number of rotatable bonds is 6. The predicted molar refractivity (Wildman–Crippen MR) is 147 cm³/mol. The van der Waals surface area contributed by atoms with Crippen molar-refractivity contribution >= 4 is 17.3 Å². The molecule has 1 saturated carbocycles. The number of ether oxygens (including phenoxy) is 1. The van der Waals surface area contributed by atoms with E-state index in [4.69, 9.17) is 4.74 Å². The molecule has 1 aromatic carbocycles. The summed E-state index contributed by atoms with van der Waals surface area (Å²) in [4.78, 5) is 44.4. The van der Waals surface area contributed by atoms with E-state index in [2.05, 4.69) is 26.0 Å². The number of hydrogen-bond donors (Lipinski definition) is 0. The lowest BCUT2D eigenvalue weighted by molar-refractivity contribution is -0.170.